The highest BCUT2D eigenvalue weighted by atomic mass is 16.3. The molecule has 0 spiro atoms. The molecule has 1 atom stereocenters. The number of benzene rings is 1. The number of amides is 2. The van der Waals surface area contributed by atoms with Crippen molar-refractivity contribution >= 4 is 11.8 Å². The number of carbonyl (C=O) groups is 2. The first-order chi connectivity index (χ1) is 15.9. The number of hydrogen-bond donors (Lipinski definition) is 1. The molecule has 1 N–H and O–H groups in total. The van der Waals surface area contributed by atoms with Crippen molar-refractivity contribution in [3.63, 3.8) is 0 Å². The first-order valence-electron chi connectivity index (χ1n) is 11.7. The highest BCUT2D eigenvalue weighted by Gasteiger charge is 2.48. The molecule has 1 aliphatic carbocycles. The molecule has 7 heteroatoms. The van der Waals surface area contributed by atoms with Gasteiger partial charge in [-0.2, -0.15) is 5.10 Å². The van der Waals surface area contributed by atoms with Crippen LogP contribution in [0.2, 0.25) is 0 Å². The molecule has 2 amide bonds. The van der Waals surface area contributed by atoms with Crippen molar-refractivity contribution in [3.05, 3.63) is 65.5 Å². The highest BCUT2D eigenvalue weighted by molar-refractivity contribution is 6.00. The fraction of sp³-hybridized carbons (Fsp3) is 0.423. The van der Waals surface area contributed by atoms with E-state index < -0.39 is 5.54 Å². The minimum atomic E-state index is -1.06. The van der Waals surface area contributed by atoms with Crippen molar-refractivity contribution in [1.29, 1.82) is 0 Å². The largest absolute Gasteiger partial charge is 0.463 e. The Morgan fingerprint density at radius 3 is 2.64 bits per heavy atom. The summed E-state index contributed by atoms with van der Waals surface area (Å²) in [5.41, 5.74) is 2.15. The summed E-state index contributed by atoms with van der Waals surface area (Å²) >= 11 is 0. The smallest absolute Gasteiger partial charge is 0.273 e. The lowest BCUT2D eigenvalue weighted by Crippen LogP contribution is -2.64. The number of nitrogens with one attached hydrogen (secondary N) is 1. The maximum Gasteiger partial charge on any atom is 0.273 e. The SMILES string of the molecule is Cc1ccc(CN2C(=O)c3cc(-c4ccco4)nn3C[C@]2(C)C(=O)NC2CCCCC2)cc1. The van der Waals surface area contributed by atoms with Crippen molar-refractivity contribution in [1.82, 2.24) is 20.0 Å². The molecule has 2 aliphatic rings. The van der Waals surface area contributed by atoms with E-state index in [4.69, 9.17) is 4.42 Å². The quantitative estimate of drug-likeness (QED) is 0.633. The second-order valence-electron chi connectivity index (χ2n) is 9.51. The Morgan fingerprint density at radius 1 is 1.18 bits per heavy atom. The van der Waals surface area contributed by atoms with Gasteiger partial charge in [0.05, 0.1) is 12.8 Å². The first-order valence-corrected chi connectivity index (χ1v) is 11.7. The van der Waals surface area contributed by atoms with Crippen LogP contribution in [-0.2, 0) is 17.9 Å². The van der Waals surface area contributed by atoms with Gasteiger partial charge in [-0.3, -0.25) is 14.3 Å². The number of carbonyl (C=O) groups excluding carboxylic acids is 2. The van der Waals surface area contributed by atoms with Gasteiger partial charge in [0, 0.05) is 18.7 Å². The molecule has 2 aromatic heterocycles. The zero-order valence-electron chi connectivity index (χ0n) is 19.2. The lowest BCUT2D eigenvalue weighted by Gasteiger charge is -2.44. The summed E-state index contributed by atoms with van der Waals surface area (Å²) in [6.45, 7) is 4.54. The zero-order chi connectivity index (χ0) is 23.0. The van der Waals surface area contributed by atoms with Crippen molar-refractivity contribution < 1.29 is 14.0 Å². The van der Waals surface area contributed by atoms with Crippen LogP contribution in [0.25, 0.3) is 11.5 Å². The molecule has 0 bridgehead atoms. The molecular formula is C26H30N4O3. The van der Waals surface area contributed by atoms with E-state index in [9.17, 15) is 9.59 Å². The van der Waals surface area contributed by atoms with Crippen LogP contribution in [0.5, 0.6) is 0 Å². The normalized spacial score (nSPS) is 21.2. The van der Waals surface area contributed by atoms with Gasteiger partial charge in [0.2, 0.25) is 5.91 Å². The van der Waals surface area contributed by atoms with Crippen LogP contribution >= 0.6 is 0 Å². The third kappa shape index (κ3) is 4.08. The lowest BCUT2D eigenvalue weighted by molar-refractivity contribution is -0.134. The summed E-state index contributed by atoms with van der Waals surface area (Å²) in [6.07, 6.45) is 7.04. The van der Waals surface area contributed by atoms with Crippen LogP contribution in [-0.4, -0.2) is 38.1 Å². The monoisotopic (exact) mass is 446 g/mol. The number of fused-ring (bicyclic) bond motifs is 1. The Morgan fingerprint density at radius 2 is 1.94 bits per heavy atom. The number of hydrogen-bond acceptors (Lipinski definition) is 4. The van der Waals surface area contributed by atoms with Gasteiger partial charge in [-0.05, 0) is 44.4 Å². The van der Waals surface area contributed by atoms with Gasteiger partial charge in [0.25, 0.3) is 5.91 Å². The highest BCUT2D eigenvalue weighted by Crippen LogP contribution is 2.32. The fourth-order valence-corrected chi connectivity index (χ4v) is 4.90. The molecule has 1 aliphatic heterocycles. The minimum Gasteiger partial charge on any atom is -0.463 e. The molecule has 0 radical (unpaired) electrons. The summed E-state index contributed by atoms with van der Waals surface area (Å²) in [5, 5.41) is 7.86. The van der Waals surface area contributed by atoms with Gasteiger partial charge < -0.3 is 14.6 Å². The van der Waals surface area contributed by atoms with Gasteiger partial charge in [-0.15, -0.1) is 0 Å². The Labute approximate surface area is 193 Å². The third-order valence-electron chi connectivity index (χ3n) is 6.96. The summed E-state index contributed by atoms with van der Waals surface area (Å²) in [6, 6.07) is 13.6. The van der Waals surface area contributed by atoms with Crippen LogP contribution in [0.15, 0.2) is 53.1 Å². The predicted octanol–water partition coefficient (Wildman–Crippen LogP) is 4.32. The molecule has 3 aromatic rings. The number of aryl methyl sites for hydroxylation is 1. The third-order valence-corrected chi connectivity index (χ3v) is 6.96. The Hall–Kier alpha value is -3.35. The minimum absolute atomic E-state index is 0.115. The van der Waals surface area contributed by atoms with E-state index in [-0.39, 0.29) is 17.9 Å². The average molecular weight is 447 g/mol. The second kappa shape index (κ2) is 8.54. The predicted molar refractivity (Wildman–Crippen MR) is 124 cm³/mol. The van der Waals surface area contributed by atoms with Crippen LogP contribution in [0.3, 0.4) is 0 Å². The molecule has 3 heterocycles. The van der Waals surface area contributed by atoms with Crippen molar-refractivity contribution in [3.8, 4) is 11.5 Å². The van der Waals surface area contributed by atoms with E-state index in [1.165, 1.54) is 6.42 Å². The van der Waals surface area contributed by atoms with E-state index >= 15 is 0 Å². The van der Waals surface area contributed by atoms with Gasteiger partial charge in [-0.1, -0.05) is 49.1 Å². The van der Waals surface area contributed by atoms with Gasteiger partial charge >= 0.3 is 0 Å². The first kappa shape index (κ1) is 21.5. The Bertz CT molecular complexity index is 1140. The average Bonchev–Trinajstić information content (AvgIpc) is 3.48. The lowest BCUT2D eigenvalue weighted by atomic mass is 9.91. The molecule has 0 saturated heterocycles. The van der Waals surface area contributed by atoms with E-state index in [1.54, 1.807) is 28.0 Å². The van der Waals surface area contributed by atoms with Gasteiger partial charge in [0.15, 0.2) is 5.76 Å². The molecule has 1 fully saturated rings. The van der Waals surface area contributed by atoms with Crippen LogP contribution < -0.4 is 5.32 Å². The van der Waals surface area contributed by atoms with Crippen molar-refractivity contribution in [2.75, 3.05) is 0 Å². The van der Waals surface area contributed by atoms with Crippen molar-refractivity contribution in [2.24, 2.45) is 0 Å². The molecule has 1 saturated carbocycles. The van der Waals surface area contributed by atoms with Crippen LogP contribution in [0.4, 0.5) is 0 Å². The summed E-state index contributed by atoms with van der Waals surface area (Å²) in [4.78, 5) is 29.1. The van der Waals surface area contributed by atoms with Gasteiger partial charge in [0.1, 0.15) is 16.9 Å². The summed E-state index contributed by atoms with van der Waals surface area (Å²) in [5.74, 6) is 0.284. The second-order valence-corrected chi connectivity index (χ2v) is 9.51. The molecule has 0 unspecified atom stereocenters. The molecule has 7 nitrogen and oxygen atoms in total. The summed E-state index contributed by atoms with van der Waals surface area (Å²) in [7, 11) is 0. The van der Waals surface area contributed by atoms with E-state index in [1.807, 2.05) is 44.2 Å². The Balaban J connectivity index is 1.50. The molecular weight excluding hydrogens is 416 g/mol. The maximum absolute atomic E-state index is 13.7. The number of furan rings is 1. The van der Waals surface area contributed by atoms with E-state index in [2.05, 4.69) is 10.4 Å². The molecule has 5 rings (SSSR count). The maximum atomic E-state index is 13.7. The molecule has 172 valence electrons. The van der Waals surface area contributed by atoms with Crippen molar-refractivity contribution in [2.45, 2.75) is 70.6 Å². The van der Waals surface area contributed by atoms with E-state index in [0.29, 0.717) is 30.2 Å². The Kier molecular flexibility index (Phi) is 5.56. The van der Waals surface area contributed by atoms with Gasteiger partial charge in [-0.25, -0.2) is 0 Å². The molecule has 33 heavy (non-hydrogen) atoms. The number of nitrogens with zero attached hydrogens (tertiary/aromatic N) is 3. The fourth-order valence-electron chi connectivity index (χ4n) is 4.90. The van der Waals surface area contributed by atoms with E-state index in [0.717, 1.165) is 36.8 Å². The standard InChI is InChI=1S/C26H30N4O3/c1-18-10-12-19(13-11-18)16-29-24(31)22-15-21(23-9-6-14-33-23)28-30(22)17-26(29,2)25(32)27-20-7-4-3-5-8-20/h6,9-15,20H,3-5,7-8,16-17H2,1-2H3,(H,27,32)/t26-/m1/s1. The molecule has 1 aromatic carbocycles. The topological polar surface area (TPSA) is 80.4 Å². The van der Waals surface area contributed by atoms with Crippen LogP contribution in [0.1, 0.15) is 60.6 Å². The number of rotatable bonds is 5. The number of aromatic nitrogens is 2. The zero-order valence-corrected chi connectivity index (χ0v) is 19.2. The van der Waals surface area contributed by atoms with Crippen LogP contribution in [0, 0.1) is 6.92 Å². The summed E-state index contributed by atoms with van der Waals surface area (Å²) < 4.78 is 7.15.